The number of anilines is 3. The molecule has 0 spiro atoms. The van der Waals surface area contributed by atoms with Gasteiger partial charge < -0.3 is 19.4 Å². The van der Waals surface area contributed by atoms with E-state index in [4.69, 9.17) is 14.7 Å². The van der Waals surface area contributed by atoms with E-state index >= 15 is 0 Å². The van der Waals surface area contributed by atoms with Gasteiger partial charge in [0.05, 0.1) is 12.8 Å². The lowest BCUT2D eigenvalue weighted by atomic mass is 10.00. The molecule has 0 aliphatic carbocycles. The number of ether oxygens (including phenoxy) is 1. The van der Waals surface area contributed by atoms with Gasteiger partial charge in [0.2, 0.25) is 5.95 Å². The SMILES string of the molecule is CCC1CCCCN1c1cc(C)nc(N2CCN(c3ccccc3OC)CC2)n1. The maximum atomic E-state index is 5.54. The maximum Gasteiger partial charge on any atom is 0.227 e. The van der Waals surface area contributed by atoms with Crippen molar-refractivity contribution in [3.63, 3.8) is 0 Å². The summed E-state index contributed by atoms with van der Waals surface area (Å²) in [6, 6.07) is 11.0. The first-order valence-corrected chi connectivity index (χ1v) is 10.9. The zero-order valence-electron chi connectivity index (χ0n) is 18.0. The minimum Gasteiger partial charge on any atom is -0.495 e. The van der Waals surface area contributed by atoms with Crippen LogP contribution in [0.2, 0.25) is 0 Å². The summed E-state index contributed by atoms with van der Waals surface area (Å²) in [5.74, 6) is 2.91. The van der Waals surface area contributed by atoms with Gasteiger partial charge in [0.25, 0.3) is 0 Å². The van der Waals surface area contributed by atoms with Crippen LogP contribution in [0.25, 0.3) is 0 Å². The van der Waals surface area contributed by atoms with Crippen molar-refractivity contribution in [2.75, 3.05) is 54.5 Å². The molecule has 6 heteroatoms. The quantitative estimate of drug-likeness (QED) is 0.765. The topological polar surface area (TPSA) is 44.7 Å². The Labute approximate surface area is 174 Å². The molecular weight excluding hydrogens is 362 g/mol. The van der Waals surface area contributed by atoms with Crippen LogP contribution in [0.1, 0.15) is 38.3 Å². The first-order chi connectivity index (χ1) is 14.2. The molecule has 1 atom stereocenters. The van der Waals surface area contributed by atoms with Gasteiger partial charge in [-0.25, -0.2) is 4.98 Å². The summed E-state index contributed by atoms with van der Waals surface area (Å²) in [6.07, 6.45) is 5.03. The predicted molar refractivity (Wildman–Crippen MR) is 119 cm³/mol. The molecule has 2 aromatic rings. The van der Waals surface area contributed by atoms with E-state index in [9.17, 15) is 0 Å². The van der Waals surface area contributed by atoms with Crippen LogP contribution in [0.5, 0.6) is 5.75 Å². The lowest BCUT2D eigenvalue weighted by Crippen LogP contribution is -2.47. The number of rotatable bonds is 5. The molecule has 0 radical (unpaired) electrons. The van der Waals surface area contributed by atoms with Crippen molar-refractivity contribution in [2.24, 2.45) is 0 Å². The van der Waals surface area contributed by atoms with Gasteiger partial charge in [-0.3, -0.25) is 0 Å². The van der Waals surface area contributed by atoms with Gasteiger partial charge in [-0.1, -0.05) is 19.1 Å². The van der Waals surface area contributed by atoms with Crippen molar-refractivity contribution in [3.8, 4) is 5.75 Å². The fourth-order valence-corrected chi connectivity index (χ4v) is 4.59. The average molecular weight is 396 g/mol. The van der Waals surface area contributed by atoms with Crippen LogP contribution >= 0.6 is 0 Å². The smallest absolute Gasteiger partial charge is 0.227 e. The second kappa shape index (κ2) is 8.89. The minimum absolute atomic E-state index is 0.605. The number of piperidine rings is 1. The number of hydrogen-bond donors (Lipinski definition) is 0. The molecule has 3 heterocycles. The summed E-state index contributed by atoms with van der Waals surface area (Å²) in [7, 11) is 1.74. The molecular formula is C23H33N5O. The highest BCUT2D eigenvalue weighted by Gasteiger charge is 2.25. The van der Waals surface area contributed by atoms with Crippen LogP contribution < -0.4 is 19.4 Å². The summed E-state index contributed by atoms with van der Waals surface area (Å²) >= 11 is 0. The first-order valence-electron chi connectivity index (χ1n) is 10.9. The van der Waals surface area contributed by atoms with E-state index < -0.39 is 0 Å². The molecule has 0 bridgehead atoms. The Hall–Kier alpha value is -2.50. The molecule has 29 heavy (non-hydrogen) atoms. The van der Waals surface area contributed by atoms with Gasteiger partial charge in [0, 0.05) is 50.5 Å². The predicted octanol–water partition coefficient (Wildman–Crippen LogP) is 3.89. The number of hydrogen-bond acceptors (Lipinski definition) is 6. The number of aryl methyl sites for hydroxylation is 1. The molecule has 156 valence electrons. The molecule has 2 saturated heterocycles. The number of nitrogens with zero attached hydrogens (tertiary/aromatic N) is 5. The fraction of sp³-hybridized carbons (Fsp3) is 0.565. The highest BCUT2D eigenvalue weighted by atomic mass is 16.5. The van der Waals surface area contributed by atoms with Crippen LogP contribution in [0.4, 0.5) is 17.5 Å². The number of methoxy groups -OCH3 is 1. The van der Waals surface area contributed by atoms with Gasteiger partial charge >= 0.3 is 0 Å². The third-order valence-corrected chi connectivity index (χ3v) is 6.21. The zero-order chi connectivity index (χ0) is 20.2. The standard InChI is InChI=1S/C23H33N5O/c1-4-19-9-7-8-12-28(19)22-17-18(2)24-23(25-22)27-15-13-26(14-16-27)20-10-5-6-11-21(20)29-3/h5-6,10-11,17,19H,4,7-9,12-16H2,1-3H3. The third-order valence-electron chi connectivity index (χ3n) is 6.21. The van der Waals surface area contributed by atoms with Crippen molar-refractivity contribution < 1.29 is 4.74 Å². The molecule has 0 N–H and O–H groups in total. The zero-order valence-corrected chi connectivity index (χ0v) is 18.0. The highest BCUT2D eigenvalue weighted by molar-refractivity contribution is 5.59. The first kappa shape index (κ1) is 19.8. The minimum atomic E-state index is 0.605. The number of piperazine rings is 1. The molecule has 2 aliphatic heterocycles. The normalized spacial score (nSPS) is 20.1. The summed E-state index contributed by atoms with van der Waals surface area (Å²) < 4.78 is 5.54. The Morgan fingerprint density at radius 3 is 2.52 bits per heavy atom. The second-order valence-corrected chi connectivity index (χ2v) is 8.06. The molecule has 1 aromatic carbocycles. The Morgan fingerprint density at radius 2 is 1.76 bits per heavy atom. The Bertz CT molecular complexity index is 819. The van der Waals surface area contributed by atoms with Gasteiger partial charge in [0.15, 0.2) is 0 Å². The monoisotopic (exact) mass is 395 g/mol. The summed E-state index contributed by atoms with van der Waals surface area (Å²) in [4.78, 5) is 17.0. The summed E-state index contributed by atoms with van der Waals surface area (Å²) in [5.41, 5.74) is 2.22. The van der Waals surface area contributed by atoms with Crippen molar-refractivity contribution in [1.29, 1.82) is 0 Å². The van der Waals surface area contributed by atoms with Crippen molar-refractivity contribution >= 4 is 17.5 Å². The van der Waals surface area contributed by atoms with E-state index in [1.165, 1.54) is 31.4 Å². The van der Waals surface area contributed by atoms with Crippen LogP contribution in [-0.4, -0.2) is 55.8 Å². The second-order valence-electron chi connectivity index (χ2n) is 8.06. The highest BCUT2D eigenvalue weighted by Crippen LogP contribution is 2.30. The Balaban J connectivity index is 1.49. The molecule has 0 saturated carbocycles. The van der Waals surface area contributed by atoms with Gasteiger partial charge in [-0.05, 0) is 44.7 Å². The van der Waals surface area contributed by atoms with E-state index in [1.807, 2.05) is 12.1 Å². The third kappa shape index (κ3) is 4.26. The summed E-state index contributed by atoms with van der Waals surface area (Å²) in [6.45, 7) is 9.19. The van der Waals surface area contributed by atoms with Crippen LogP contribution in [0.15, 0.2) is 30.3 Å². The van der Waals surface area contributed by atoms with Gasteiger partial charge in [0.1, 0.15) is 11.6 Å². The number of aromatic nitrogens is 2. The van der Waals surface area contributed by atoms with Crippen LogP contribution in [0, 0.1) is 6.92 Å². The van der Waals surface area contributed by atoms with E-state index in [0.29, 0.717) is 6.04 Å². The van der Waals surface area contributed by atoms with E-state index in [1.54, 1.807) is 7.11 Å². The van der Waals surface area contributed by atoms with E-state index in [-0.39, 0.29) is 0 Å². The largest absolute Gasteiger partial charge is 0.495 e. The fourth-order valence-electron chi connectivity index (χ4n) is 4.59. The van der Waals surface area contributed by atoms with Crippen LogP contribution in [-0.2, 0) is 0 Å². The summed E-state index contributed by atoms with van der Waals surface area (Å²) in [5, 5.41) is 0. The van der Waals surface area contributed by atoms with E-state index in [0.717, 1.165) is 55.9 Å². The Kier molecular flexibility index (Phi) is 6.07. The Morgan fingerprint density at radius 1 is 1.00 bits per heavy atom. The lowest BCUT2D eigenvalue weighted by molar-refractivity contribution is 0.413. The number of benzene rings is 1. The molecule has 1 aromatic heterocycles. The van der Waals surface area contributed by atoms with Crippen molar-refractivity contribution in [1.82, 2.24) is 9.97 Å². The lowest BCUT2D eigenvalue weighted by Gasteiger charge is -2.38. The van der Waals surface area contributed by atoms with Crippen molar-refractivity contribution in [2.45, 2.75) is 45.6 Å². The van der Waals surface area contributed by atoms with Crippen LogP contribution in [0.3, 0.4) is 0 Å². The van der Waals surface area contributed by atoms with Crippen molar-refractivity contribution in [3.05, 3.63) is 36.0 Å². The average Bonchev–Trinajstić information content (AvgIpc) is 2.78. The molecule has 2 aliphatic rings. The molecule has 4 rings (SSSR count). The van der Waals surface area contributed by atoms with E-state index in [2.05, 4.69) is 46.7 Å². The van der Waals surface area contributed by atoms with Gasteiger partial charge in [-0.2, -0.15) is 4.98 Å². The molecule has 2 fully saturated rings. The molecule has 0 amide bonds. The number of para-hydroxylation sites is 2. The maximum absolute atomic E-state index is 5.54. The molecule has 6 nitrogen and oxygen atoms in total. The molecule has 1 unspecified atom stereocenters. The van der Waals surface area contributed by atoms with Gasteiger partial charge in [-0.15, -0.1) is 0 Å².